The molecule has 1 aromatic heterocycles. The van der Waals surface area contributed by atoms with E-state index in [1.807, 2.05) is 0 Å². The molecule has 0 N–H and O–H groups in total. The van der Waals surface area contributed by atoms with Crippen LogP contribution in [0.2, 0.25) is 0 Å². The van der Waals surface area contributed by atoms with E-state index in [9.17, 15) is 4.79 Å². The second kappa shape index (κ2) is 9.71. The SMILES string of the molecule is CC(C)CCCC(C)C1CCC2C3CC=C4CC(OC(=O)n5ccnc5)CCC4(C)C3CCC12C. The third kappa shape index (κ3) is 4.53. The first-order valence-electron chi connectivity index (χ1n) is 14.6. The summed E-state index contributed by atoms with van der Waals surface area (Å²) in [5, 5.41) is 0. The van der Waals surface area contributed by atoms with Gasteiger partial charge in [-0.2, -0.15) is 0 Å². The van der Waals surface area contributed by atoms with Crippen molar-refractivity contribution in [3.63, 3.8) is 0 Å². The van der Waals surface area contributed by atoms with Gasteiger partial charge < -0.3 is 4.74 Å². The van der Waals surface area contributed by atoms with Gasteiger partial charge in [-0.25, -0.2) is 14.3 Å². The number of fused-ring (bicyclic) bond motifs is 5. The van der Waals surface area contributed by atoms with Crippen molar-refractivity contribution in [1.82, 2.24) is 9.55 Å². The van der Waals surface area contributed by atoms with Crippen molar-refractivity contribution in [2.24, 2.45) is 46.3 Å². The molecule has 0 bridgehead atoms. The first-order valence-corrected chi connectivity index (χ1v) is 14.6. The predicted molar refractivity (Wildman–Crippen MR) is 141 cm³/mol. The number of imidazole rings is 1. The number of ether oxygens (including phenoxy) is 1. The molecule has 3 saturated carbocycles. The average Bonchev–Trinajstić information content (AvgIpc) is 3.47. The highest BCUT2D eigenvalue weighted by atomic mass is 16.6. The van der Waals surface area contributed by atoms with Crippen molar-refractivity contribution in [1.29, 1.82) is 0 Å². The minimum atomic E-state index is -0.293. The predicted octanol–water partition coefficient (Wildman–Crippen LogP) is 8.28. The van der Waals surface area contributed by atoms with E-state index in [2.05, 4.69) is 45.7 Å². The largest absolute Gasteiger partial charge is 0.445 e. The van der Waals surface area contributed by atoms with E-state index in [1.54, 1.807) is 18.0 Å². The normalized spacial score (nSPS) is 39.4. The van der Waals surface area contributed by atoms with Crippen LogP contribution in [0.4, 0.5) is 4.79 Å². The highest BCUT2D eigenvalue weighted by Crippen LogP contribution is 2.67. The van der Waals surface area contributed by atoms with Crippen LogP contribution in [0.1, 0.15) is 105 Å². The van der Waals surface area contributed by atoms with Gasteiger partial charge in [0.15, 0.2) is 0 Å². The van der Waals surface area contributed by atoms with Crippen LogP contribution < -0.4 is 0 Å². The Morgan fingerprint density at radius 2 is 1.94 bits per heavy atom. The van der Waals surface area contributed by atoms with Crippen LogP contribution in [0.15, 0.2) is 30.4 Å². The minimum absolute atomic E-state index is 0.00261. The second-order valence-corrected chi connectivity index (χ2v) is 13.5. The summed E-state index contributed by atoms with van der Waals surface area (Å²) in [7, 11) is 0. The van der Waals surface area contributed by atoms with Gasteiger partial charge in [0.25, 0.3) is 0 Å². The number of rotatable bonds is 6. The molecule has 0 spiro atoms. The second-order valence-electron chi connectivity index (χ2n) is 13.5. The molecule has 0 aliphatic heterocycles. The van der Waals surface area contributed by atoms with Crippen molar-refractivity contribution >= 4 is 6.09 Å². The van der Waals surface area contributed by atoms with Crippen LogP contribution in [0.25, 0.3) is 0 Å². The maximum atomic E-state index is 12.5. The molecular formula is C31H48N2O2. The molecule has 4 aliphatic rings. The summed E-state index contributed by atoms with van der Waals surface area (Å²) in [5.41, 5.74) is 2.41. The molecule has 4 nitrogen and oxygen atoms in total. The fourth-order valence-electron chi connectivity index (χ4n) is 9.32. The molecule has 5 rings (SSSR count). The zero-order valence-electron chi connectivity index (χ0n) is 22.8. The lowest BCUT2D eigenvalue weighted by molar-refractivity contribution is -0.0581. The highest BCUT2D eigenvalue weighted by molar-refractivity contribution is 5.70. The van der Waals surface area contributed by atoms with Gasteiger partial charge in [-0.3, -0.25) is 0 Å². The van der Waals surface area contributed by atoms with E-state index in [0.29, 0.717) is 10.8 Å². The summed E-state index contributed by atoms with van der Waals surface area (Å²) in [6.07, 6.45) is 21.3. The van der Waals surface area contributed by atoms with Gasteiger partial charge >= 0.3 is 6.09 Å². The van der Waals surface area contributed by atoms with Crippen LogP contribution in [-0.4, -0.2) is 21.7 Å². The fourth-order valence-corrected chi connectivity index (χ4v) is 9.32. The molecular weight excluding hydrogens is 432 g/mol. The molecule has 194 valence electrons. The summed E-state index contributed by atoms with van der Waals surface area (Å²) < 4.78 is 7.33. The molecule has 0 amide bonds. The molecule has 1 aromatic rings. The van der Waals surface area contributed by atoms with Crippen LogP contribution in [0.5, 0.6) is 0 Å². The van der Waals surface area contributed by atoms with Crippen molar-refractivity contribution in [3.05, 3.63) is 30.4 Å². The fraction of sp³-hybridized carbons (Fsp3) is 0.806. The Morgan fingerprint density at radius 3 is 2.69 bits per heavy atom. The molecule has 8 atom stereocenters. The maximum Gasteiger partial charge on any atom is 0.419 e. The lowest BCUT2D eigenvalue weighted by atomic mass is 9.47. The van der Waals surface area contributed by atoms with E-state index < -0.39 is 0 Å². The zero-order valence-corrected chi connectivity index (χ0v) is 22.8. The van der Waals surface area contributed by atoms with Crippen molar-refractivity contribution in [2.45, 2.75) is 111 Å². The first kappa shape index (κ1) is 25.1. The molecule has 0 radical (unpaired) electrons. The maximum absolute atomic E-state index is 12.5. The molecule has 35 heavy (non-hydrogen) atoms. The van der Waals surface area contributed by atoms with Gasteiger partial charge in [-0.15, -0.1) is 0 Å². The van der Waals surface area contributed by atoms with Crippen LogP contribution in [0, 0.1) is 46.3 Å². The monoisotopic (exact) mass is 480 g/mol. The van der Waals surface area contributed by atoms with E-state index in [-0.39, 0.29) is 12.2 Å². The lowest BCUT2D eigenvalue weighted by Crippen LogP contribution is -2.51. The lowest BCUT2D eigenvalue weighted by Gasteiger charge is -2.58. The smallest absolute Gasteiger partial charge is 0.419 e. The van der Waals surface area contributed by atoms with Crippen molar-refractivity contribution in [2.75, 3.05) is 0 Å². The summed E-state index contributed by atoms with van der Waals surface area (Å²) in [4.78, 5) is 16.4. The molecule has 8 unspecified atom stereocenters. The molecule has 4 aliphatic carbocycles. The minimum Gasteiger partial charge on any atom is -0.445 e. The number of hydrogen-bond donors (Lipinski definition) is 0. The topological polar surface area (TPSA) is 44.1 Å². The highest BCUT2D eigenvalue weighted by Gasteiger charge is 2.59. The first-order chi connectivity index (χ1) is 16.7. The van der Waals surface area contributed by atoms with Crippen molar-refractivity contribution < 1.29 is 9.53 Å². The van der Waals surface area contributed by atoms with Gasteiger partial charge in [0.2, 0.25) is 0 Å². The van der Waals surface area contributed by atoms with E-state index >= 15 is 0 Å². The van der Waals surface area contributed by atoms with Gasteiger partial charge in [0, 0.05) is 18.8 Å². The molecule has 4 heteroatoms. The Bertz CT molecular complexity index is 920. The Balaban J connectivity index is 1.26. The molecule has 0 aromatic carbocycles. The Morgan fingerprint density at radius 1 is 1.11 bits per heavy atom. The summed E-state index contributed by atoms with van der Waals surface area (Å²) >= 11 is 0. The summed E-state index contributed by atoms with van der Waals surface area (Å²) in [6, 6.07) is 0. The third-order valence-corrected chi connectivity index (χ3v) is 11.2. The number of aromatic nitrogens is 2. The Labute approximate surface area is 213 Å². The quantitative estimate of drug-likeness (QED) is 0.385. The number of carbonyl (C=O) groups is 1. The Kier molecular flexibility index (Phi) is 6.96. The van der Waals surface area contributed by atoms with Gasteiger partial charge in [-0.1, -0.05) is 65.5 Å². The average molecular weight is 481 g/mol. The summed E-state index contributed by atoms with van der Waals surface area (Å²) in [6.45, 7) is 12.5. The van der Waals surface area contributed by atoms with Crippen LogP contribution >= 0.6 is 0 Å². The Hall–Kier alpha value is -1.58. The van der Waals surface area contributed by atoms with Gasteiger partial charge in [0.05, 0.1) is 0 Å². The summed E-state index contributed by atoms with van der Waals surface area (Å²) in [5.74, 6) is 5.16. The van der Waals surface area contributed by atoms with Gasteiger partial charge in [-0.05, 0) is 91.3 Å². The molecule has 0 saturated heterocycles. The zero-order chi connectivity index (χ0) is 24.8. The number of allylic oxidation sites excluding steroid dienone is 1. The van der Waals surface area contributed by atoms with E-state index in [1.165, 1.54) is 62.3 Å². The molecule has 3 fully saturated rings. The van der Waals surface area contributed by atoms with E-state index in [4.69, 9.17) is 4.74 Å². The number of carbonyl (C=O) groups excluding carboxylic acids is 1. The van der Waals surface area contributed by atoms with Crippen molar-refractivity contribution in [3.8, 4) is 0 Å². The number of hydrogen-bond acceptors (Lipinski definition) is 3. The molecule has 1 heterocycles. The standard InChI is InChI=1S/C31H48N2O2/c1-21(2)7-6-8-22(3)26-11-12-27-25-10-9-23-19-24(35-29(34)33-18-17-32-20-33)13-15-30(23,4)28(25)14-16-31(26,27)5/h9,17-18,20-22,24-28H,6-8,10-16,19H2,1-5H3. The van der Waals surface area contributed by atoms with Gasteiger partial charge in [0.1, 0.15) is 12.4 Å². The third-order valence-electron chi connectivity index (χ3n) is 11.2. The number of nitrogens with zero attached hydrogens (tertiary/aromatic N) is 2. The van der Waals surface area contributed by atoms with Crippen LogP contribution in [-0.2, 0) is 4.74 Å². The van der Waals surface area contributed by atoms with E-state index in [0.717, 1.165) is 54.8 Å². The van der Waals surface area contributed by atoms with Crippen LogP contribution in [0.3, 0.4) is 0 Å².